The molecular weight excluding hydrogens is 302 g/mol. The zero-order valence-electron chi connectivity index (χ0n) is 14.7. The van der Waals surface area contributed by atoms with Gasteiger partial charge in [-0.3, -0.25) is 4.90 Å². The lowest BCUT2D eigenvalue weighted by atomic mass is 9.83. The second kappa shape index (κ2) is 6.07. The minimum absolute atomic E-state index is 0.217. The van der Waals surface area contributed by atoms with Crippen molar-refractivity contribution in [3.05, 3.63) is 29.3 Å². The van der Waals surface area contributed by atoms with Gasteiger partial charge in [0, 0.05) is 18.2 Å². The molecule has 1 aromatic carbocycles. The van der Waals surface area contributed by atoms with Crippen LogP contribution in [0.5, 0.6) is 5.75 Å². The number of fused-ring (bicyclic) bond motifs is 1. The molecule has 3 aliphatic rings. The van der Waals surface area contributed by atoms with Crippen molar-refractivity contribution in [2.75, 3.05) is 13.1 Å². The molecule has 0 spiro atoms. The SMILES string of the molecule is CC1(C)CCCN(C2CCCC2Oc2ccc3c(c2)COC3=O)C1. The molecule has 2 fully saturated rings. The third-order valence-corrected chi connectivity index (χ3v) is 5.76. The van der Waals surface area contributed by atoms with Crippen LogP contribution in [-0.2, 0) is 11.3 Å². The number of hydrogen-bond acceptors (Lipinski definition) is 4. The molecule has 0 aromatic heterocycles. The average molecular weight is 329 g/mol. The summed E-state index contributed by atoms with van der Waals surface area (Å²) < 4.78 is 11.4. The smallest absolute Gasteiger partial charge is 0.338 e. The summed E-state index contributed by atoms with van der Waals surface area (Å²) >= 11 is 0. The van der Waals surface area contributed by atoms with E-state index in [0.717, 1.165) is 17.7 Å². The van der Waals surface area contributed by atoms with Crippen LogP contribution in [0.15, 0.2) is 18.2 Å². The van der Waals surface area contributed by atoms with Crippen molar-refractivity contribution >= 4 is 5.97 Å². The number of cyclic esters (lactones) is 1. The second-order valence-electron chi connectivity index (χ2n) is 8.29. The molecule has 0 N–H and O–H groups in total. The van der Waals surface area contributed by atoms with Crippen molar-refractivity contribution in [1.29, 1.82) is 0 Å². The topological polar surface area (TPSA) is 38.8 Å². The quantitative estimate of drug-likeness (QED) is 0.791. The summed E-state index contributed by atoms with van der Waals surface area (Å²) in [5.74, 6) is 0.658. The first-order valence-electron chi connectivity index (χ1n) is 9.23. The van der Waals surface area contributed by atoms with Gasteiger partial charge in [0.25, 0.3) is 0 Å². The van der Waals surface area contributed by atoms with Crippen LogP contribution in [0.25, 0.3) is 0 Å². The maximum absolute atomic E-state index is 11.6. The van der Waals surface area contributed by atoms with Crippen molar-refractivity contribution in [2.45, 2.75) is 64.7 Å². The van der Waals surface area contributed by atoms with E-state index in [2.05, 4.69) is 18.7 Å². The lowest BCUT2D eigenvalue weighted by molar-refractivity contribution is 0.0317. The van der Waals surface area contributed by atoms with E-state index < -0.39 is 0 Å². The van der Waals surface area contributed by atoms with Gasteiger partial charge in [-0.1, -0.05) is 13.8 Å². The molecule has 1 aromatic rings. The van der Waals surface area contributed by atoms with Crippen LogP contribution < -0.4 is 4.74 Å². The van der Waals surface area contributed by atoms with Crippen molar-refractivity contribution in [3.63, 3.8) is 0 Å². The van der Waals surface area contributed by atoms with Gasteiger partial charge in [-0.05, 0) is 62.3 Å². The van der Waals surface area contributed by atoms with E-state index in [1.165, 1.54) is 38.8 Å². The zero-order chi connectivity index (χ0) is 16.7. The van der Waals surface area contributed by atoms with Crippen LogP contribution in [0.1, 0.15) is 61.9 Å². The summed E-state index contributed by atoms with van der Waals surface area (Å²) in [5, 5.41) is 0. The van der Waals surface area contributed by atoms with Gasteiger partial charge in [-0.2, -0.15) is 0 Å². The van der Waals surface area contributed by atoms with Crippen molar-refractivity contribution in [3.8, 4) is 5.75 Å². The van der Waals surface area contributed by atoms with E-state index in [1.54, 1.807) is 0 Å². The Labute approximate surface area is 144 Å². The Balaban J connectivity index is 1.47. The Morgan fingerprint density at radius 2 is 2.12 bits per heavy atom. The maximum atomic E-state index is 11.6. The number of ether oxygens (including phenoxy) is 2. The number of nitrogens with zero attached hydrogens (tertiary/aromatic N) is 1. The first kappa shape index (κ1) is 15.9. The highest BCUT2D eigenvalue weighted by Gasteiger charge is 2.38. The highest BCUT2D eigenvalue weighted by atomic mass is 16.5. The minimum atomic E-state index is -0.217. The lowest BCUT2D eigenvalue weighted by Gasteiger charge is -2.42. The molecule has 2 heterocycles. The van der Waals surface area contributed by atoms with Crippen LogP contribution in [0.4, 0.5) is 0 Å². The van der Waals surface area contributed by atoms with E-state index >= 15 is 0 Å². The molecule has 24 heavy (non-hydrogen) atoms. The lowest BCUT2D eigenvalue weighted by Crippen LogP contribution is -2.49. The molecule has 1 aliphatic carbocycles. The van der Waals surface area contributed by atoms with Gasteiger partial charge < -0.3 is 9.47 Å². The van der Waals surface area contributed by atoms with E-state index in [0.29, 0.717) is 23.6 Å². The highest BCUT2D eigenvalue weighted by Crippen LogP contribution is 2.36. The van der Waals surface area contributed by atoms with Crippen LogP contribution in [0.2, 0.25) is 0 Å². The van der Waals surface area contributed by atoms with Crippen molar-refractivity contribution < 1.29 is 14.3 Å². The fourth-order valence-corrected chi connectivity index (χ4v) is 4.57. The number of carbonyl (C=O) groups is 1. The van der Waals surface area contributed by atoms with E-state index in [9.17, 15) is 4.79 Å². The van der Waals surface area contributed by atoms with E-state index in [-0.39, 0.29) is 12.1 Å². The Bertz CT molecular complexity index is 640. The van der Waals surface area contributed by atoms with Gasteiger partial charge in [0.1, 0.15) is 18.5 Å². The largest absolute Gasteiger partial charge is 0.489 e. The molecule has 2 aliphatic heterocycles. The second-order valence-corrected chi connectivity index (χ2v) is 8.29. The Hall–Kier alpha value is -1.55. The highest BCUT2D eigenvalue weighted by molar-refractivity contribution is 5.93. The molecule has 1 saturated carbocycles. The molecule has 1 saturated heterocycles. The van der Waals surface area contributed by atoms with Gasteiger partial charge in [-0.15, -0.1) is 0 Å². The molecule has 4 heteroatoms. The molecule has 0 radical (unpaired) electrons. The predicted molar refractivity (Wildman–Crippen MR) is 92.2 cm³/mol. The number of likely N-dealkylation sites (tertiary alicyclic amines) is 1. The van der Waals surface area contributed by atoms with Crippen LogP contribution in [-0.4, -0.2) is 36.1 Å². The summed E-state index contributed by atoms with van der Waals surface area (Å²) in [6.07, 6.45) is 6.45. The fourth-order valence-electron chi connectivity index (χ4n) is 4.57. The van der Waals surface area contributed by atoms with E-state index in [4.69, 9.17) is 9.47 Å². The number of carbonyl (C=O) groups excluding carboxylic acids is 1. The molecule has 0 bridgehead atoms. The van der Waals surface area contributed by atoms with Crippen LogP contribution in [0, 0.1) is 5.41 Å². The summed E-state index contributed by atoms with van der Waals surface area (Å²) in [4.78, 5) is 14.2. The third-order valence-electron chi connectivity index (χ3n) is 5.76. The summed E-state index contributed by atoms with van der Waals surface area (Å²) in [6, 6.07) is 6.26. The zero-order valence-corrected chi connectivity index (χ0v) is 14.7. The number of piperidine rings is 1. The molecule has 2 atom stereocenters. The summed E-state index contributed by atoms with van der Waals surface area (Å²) in [5.41, 5.74) is 2.05. The number of hydrogen-bond donors (Lipinski definition) is 0. The summed E-state index contributed by atoms with van der Waals surface area (Å²) in [7, 11) is 0. The summed E-state index contributed by atoms with van der Waals surface area (Å²) in [6.45, 7) is 7.49. The van der Waals surface area contributed by atoms with Gasteiger partial charge in [0.15, 0.2) is 0 Å². The van der Waals surface area contributed by atoms with Gasteiger partial charge in [0.05, 0.1) is 5.56 Å². The first-order chi connectivity index (χ1) is 11.5. The Morgan fingerprint density at radius 1 is 1.25 bits per heavy atom. The van der Waals surface area contributed by atoms with Crippen molar-refractivity contribution in [1.82, 2.24) is 4.90 Å². The van der Waals surface area contributed by atoms with Crippen LogP contribution in [0.3, 0.4) is 0 Å². The minimum Gasteiger partial charge on any atom is -0.489 e. The third kappa shape index (κ3) is 3.04. The molecular formula is C20H27NO3. The Kier molecular flexibility index (Phi) is 4.03. The first-order valence-corrected chi connectivity index (χ1v) is 9.23. The predicted octanol–water partition coefficient (Wildman–Crippen LogP) is 3.78. The van der Waals surface area contributed by atoms with Crippen LogP contribution >= 0.6 is 0 Å². The fraction of sp³-hybridized carbons (Fsp3) is 0.650. The van der Waals surface area contributed by atoms with Gasteiger partial charge in [0.2, 0.25) is 0 Å². The number of esters is 1. The Morgan fingerprint density at radius 3 is 2.96 bits per heavy atom. The van der Waals surface area contributed by atoms with Crippen molar-refractivity contribution in [2.24, 2.45) is 5.41 Å². The average Bonchev–Trinajstić information content (AvgIpc) is 3.14. The molecule has 4 nitrogen and oxygen atoms in total. The maximum Gasteiger partial charge on any atom is 0.338 e. The van der Waals surface area contributed by atoms with Gasteiger partial charge >= 0.3 is 5.97 Å². The number of benzene rings is 1. The molecule has 4 rings (SSSR count). The standard InChI is InChI=1S/C20H27NO3/c1-20(2)9-4-10-21(13-20)17-5-3-6-18(17)24-15-7-8-16-14(11-15)12-23-19(16)22/h7-8,11,17-18H,3-6,9-10,12-13H2,1-2H3. The monoisotopic (exact) mass is 329 g/mol. The molecule has 0 amide bonds. The molecule has 2 unspecified atom stereocenters. The normalized spacial score (nSPS) is 29.3. The number of rotatable bonds is 3. The van der Waals surface area contributed by atoms with Gasteiger partial charge in [-0.25, -0.2) is 4.79 Å². The molecule has 130 valence electrons. The van der Waals surface area contributed by atoms with E-state index in [1.807, 2.05) is 18.2 Å².